The van der Waals surface area contributed by atoms with E-state index in [4.69, 9.17) is 4.74 Å². The molecule has 6 nitrogen and oxygen atoms in total. The van der Waals surface area contributed by atoms with Crippen molar-refractivity contribution in [1.82, 2.24) is 9.29 Å². The molecule has 0 radical (unpaired) electrons. The molecule has 1 aromatic heterocycles. The largest absolute Gasteiger partial charge is 0.377 e. The molecule has 1 N–H and O–H groups in total. The van der Waals surface area contributed by atoms with E-state index >= 15 is 0 Å². The van der Waals surface area contributed by atoms with Gasteiger partial charge in [0.15, 0.2) is 0 Å². The van der Waals surface area contributed by atoms with Crippen LogP contribution in [0.3, 0.4) is 0 Å². The summed E-state index contributed by atoms with van der Waals surface area (Å²) in [4.78, 5) is 4.37. The zero-order chi connectivity index (χ0) is 15.3. The van der Waals surface area contributed by atoms with Crippen molar-refractivity contribution in [3.63, 3.8) is 0 Å². The number of rotatable bonds is 7. The fraction of sp³-hybridized carbons (Fsp3) is 0.643. The first-order valence-corrected chi connectivity index (χ1v) is 8.76. The van der Waals surface area contributed by atoms with Gasteiger partial charge < -0.3 is 10.1 Å². The Kier molecular flexibility index (Phi) is 5.55. The molecule has 2 rings (SSSR count). The lowest BCUT2D eigenvalue weighted by molar-refractivity contribution is 0.0979. The van der Waals surface area contributed by atoms with Crippen LogP contribution in [-0.2, 0) is 14.8 Å². The fourth-order valence-electron chi connectivity index (χ4n) is 2.32. The minimum Gasteiger partial charge on any atom is -0.377 e. The average molecular weight is 313 g/mol. The summed E-state index contributed by atoms with van der Waals surface area (Å²) in [5.41, 5.74) is 0. The maximum absolute atomic E-state index is 12.7. The van der Waals surface area contributed by atoms with Crippen LogP contribution in [-0.4, -0.2) is 50.6 Å². The third-order valence-corrected chi connectivity index (χ3v) is 5.34. The summed E-state index contributed by atoms with van der Waals surface area (Å²) >= 11 is 0. The molecule has 0 bridgehead atoms. The zero-order valence-corrected chi connectivity index (χ0v) is 13.4. The van der Waals surface area contributed by atoms with E-state index in [2.05, 4.69) is 10.3 Å². The Morgan fingerprint density at radius 3 is 3.00 bits per heavy atom. The van der Waals surface area contributed by atoms with Crippen LogP contribution in [0.15, 0.2) is 23.2 Å². The standard InChI is InChI=1S/C14H23N3O3S/c1-3-8-15-14-13(7-4-9-16-14)21(18,19)17(2)11-12-6-5-10-20-12/h4,7,9,12H,3,5-6,8,10-11H2,1-2H3,(H,15,16). The number of pyridine rings is 1. The fourth-order valence-corrected chi connectivity index (χ4v) is 3.63. The lowest BCUT2D eigenvalue weighted by Gasteiger charge is -2.21. The lowest BCUT2D eigenvalue weighted by Crippen LogP contribution is -2.34. The van der Waals surface area contributed by atoms with E-state index in [1.165, 1.54) is 4.31 Å². The summed E-state index contributed by atoms with van der Waals surface area (Å²) in [5, 5.41) is 3.07. The highest BCUT2D eigenvalue weighted by atomic mass is 32.2. The smallest absolute Gasteiger partial charge is 0.246 e. The van der Waals surface area contributed by atoms with Gasteiger partial charge in [-0.15, -0.1) is 0 Å². The number of nitrogens with one attached hydrogen (secondary N) is 1. The lowest BCUT2D eigenvalue weighted by atomic mass is 10.2. The predicted octanol–water partition coefficient (Wildman–Crippen LogP) is 1.70. The van der Waals surface area contributed by atoms with Crippen LogP contribution in [0.25, 0.3) is 0 Å². The summed E-state index contributed by atoms with van der Waals surface area (Å²) in [5.74, 6) is 0.415. The van der Waals surface area contributed by atoms with Crippen molar-refractivity contribution in [3.05, 3.63) is 18.3 Å². The third kappa shape index (κ3) is 3.93. The molecule has 2 heterocycles. The molecule has 7 heteroatoms. The number of ether oxygens (including phenoxy) is 1. The van der Waals surface area contributed by atoms with Gasteiger partial charge >= 0.3 is 0 Å². The number of nitrogens with zero attached hydrogens (tertiary/aromatic N) is 2. The second-order valence-electron chi connectivity index (χ2n) is 5.20. The Bertz CT molecular complexity index is 556. The zero-order valence-electron chi connectivity index (χ0n) is 12.6. The highest BCUT2D eigenvalue weighted by Gasteiger charge is 2.28. The maximum atomic E-state index is 12.7. The van der Waals surface area contributed by atoms with Crippen molar-refractivity contribution < 1.29 is 13.2 Å². The number of sulfonamides is 1. The molecule has 0 aromatic carbocycles. The molecule has 1 fully saturated rings. The molecular formula is C14H23N3O3S. The van der Waals surface area contributed by atoms with E-state index in [9.17, 15) is 8.42 Å². The molecule has 0 saturated carbocycles. The van der Waals surface area contributed by atoms with Gasteiger partial charge in [0.1, 0.15) is 10.7 Å². The molecule has 1 aliphatic heterocycles. The van der Waals surface area contributed by atoms with E-state index < -0.39 is 10.0 Å². The maximum Gasteiger partial charge on any atom is 0.246 e. The Balaban J connectivity index is 2.17. The van der Waals surface area contributed by atoms with Gasteiger partial charge in [0.2, 0.25) is 10.0 Å². The van der Waals surface area contributed by atoms with Crippen LogP contribution in [0, 0.1) is 0 Å². The Morgan fingerprint density at radius 1 is 1.52 bits per heavy atom. The normalized spacial score (nSPS) is 19.1. The van der Waals surface area contributed by atoms with Crippen LogP contribution < -0.4 is 5.32 Å². The summed E-state index contributed by atoms with van der Waals surface area (Å²) in [6, 6.07) is 3.23. The molecule has 1 aromatic rings. The minimum absolute atomic E-state index is 0.00602. The summed E-state index contributed by atoms with van der Waals surface area (Å²) < 4.78 is 32.3. The van der Waals surface area contributed by atoms with E-state index in [1.54, 1.807) is 25.4 Å². The molecule has 21 heavy (non-hydrogen) atoms. The summed E-state index contributed by atoms with van der Waals surface area (Å²) in [6.07, 6.45) is 4.40. The summed E-state index contributed by atoms with van der Waals surface area (Å²) in [7, 11) is -1.97. The topological polar surface area (TPSA) is 71.5 Å². The number of likely N-dealkylation sites (N-methyl/N-ethyl adjacent to an activating group) is 1. The Hall–Kier alpha value is -1.18. The first-order chi connectivity index (χ1) is 10.1. The number of anilines is 1. The van der Waals surface area contributed by atoms with Crippen molar-refractivity contribution in [2.24, 2.45) is 0 Å². The minimum atomic E-state index is -3.56. The SMILES string of the molecule is CCCNc1ncccc1S(=O)(=O)N(C)CC1CCCO1. The molecule has 1 aliphatic rings. The third-order valence-electron chi connectivity index (χ3n) is 3.49. The van der Waals surface area contributed by atoms with Gasteiger partial charge in [0.25, 0.3) is 0 Å². The highest BCUT2D eigenvalue weighted by Crippen LogP contribution is 2.23. The van der Waals surface area contributed by atoms with Crippen LogP contribution in [0.2, 0.25) is 0 Å². The summed E-state index contributed by atoms with van der Waals surface area (Å²) in [6.45, 7) is 3.81. The van der Waals surface area contributed by atoms with Crippen LogP contribution >= 0.6 is 0 Å². The van der Waals surface area contributed by atoms with Crippen LogP contribution in [0.5, 0.6) is 0 Å². The van der Waals surface area contributed by atoms with E-state index in [0.717, 1.165) is 25.9 Å². The number of aromatic nitrogens is 1. The molecule has 0 amide bonds. The second-order valence-corrected chi connectivity index (χ2v) is 7.21. The second kappa shape index (κ2) is 7.20. The van der Waals surface area contributed by atoms with Gasteiger partial charge in [0, 0.05) is 32.9 Å². The molecule has 118 valence electrons. The monoisotopic (exact) mass is 313 g/mol. The van der Waals surface area contributed by atoms with Gasteiger partial charge in [-0.3, -0.25) is 0 Å². The van der Waals surface area contributed by atoms with Gasteiger partial charge in [0.05, 0.1) is 6.10 Å². The van der Waals surface area contributed by atoms with Crippen molar-refractivity contribution in [2.75, 3.05) is 32.1 Å². The van der Waals surface area contributed by atoms with Gasteiger partial charge in [-0.1, -0.05) is 6.92 Å². The first-order valence-electron chi connectivity index (χ1n) is 7.32. The van der Waals surface area contributed by atoms with Crippen molar-refractivity contribution in [1.29, 1.82) is 0 Å². The van der Waals surface area contributed by atoms with Gasteiger partial charge in [-0.25, -0.2) is 13.4 Å². The molecule has 0 aliphatic carbocycles. The van der Waals surface area contributed by atoms with Crippen LogP contribution in [0.4, 0.5) is 5.82 Å². The molecule has 1 saturated heterocycles. The first kappa shape index (κ1) is 16.2. The highest BCUT2D eigenvalue weighted by molar-refractivity contribution is 7.89. The van der Waals surface area contributed by atoms with Crippen molar-refractivity contribution in [2.45, 2.75) is 37.2 Å². The number of hydrogen-bond acceptors (Lipinski definition) is 5. The Morgan fingerprint density at radius 2 is 2.33 bits per heavy atom. The Labute approximate surface area is 126 Å². The van der Waals surface area contributed by atoms with Crippen LogP contribution in [0.1, 0.15) is 26.2 Å². The predicted molar refractivity (Wildman–Crippen MR) is 81.8 cm³/mol. The quantitative estimate of drug-likeness (QED) is 0.829. The molecule has 1 unspecified atom stereocenters. The van der Waals surface area contributed by atoms with Gasteiger partial charge in [-0.2, -0.15) is 4.31 Å². The number of hydrogen-bond donors (Lipinski definition) is 1. The van der Waals surface area contributed by atoms with E-state index in [1.807, 2.05) is 6.92 Å². The van der Waals surface area contributed by atoms with Crippen molar-refractivity contribution in [3.8, 4) is 0 Å². The molecule has 1 atom stereocenters. The molecular weight excluding hydrogens is 290 g/mol. The van der Waals surface area contributed by atoms with Crippen molar-refractivity contribution >= 4 is 15.8 Å². The van der Waals surface area contributed by atoms with E-state index in [0.29, 0.717) is 18.9 Å². The van der Waals surface area contributed by atoms with E-state index in [-0.39, 0.29) is 11.0 Å². The van der Waals surface area contributed by atoms with Gasteiger partial charge in [-0.05, 0) is 31.4 Å². The average Bonchev–Trinajstić information content (AvgIpc) is 2.98. The molecule has 0 spiro atoms.